The monoisotopic (exact) mass is 302 g/mol. The van der Waals surface area contributed by atoms with Crippen molar-refractivity contribution in [2.75, 3.05) is 39.2 Å². The molecule has 1 N–H and O–H groups in total. The van der Waals surface area contributed by atoms with Gasteiger partial charge in [0.25, 0.3) is 0 Å². The van der Waals surface area contributed by atoms with Gasteiger partial charge in [-0.1, -0.05) is 0 Å². The Hall–Kier alpha value is -0.790. The third-order valence-electron chi connectivity index (χ3n) is 3.98. The van der Waals surface area contributed by atoms with Crippen molar-refractivity contribution in [3.8, 4) is 0 Å². The van der Waals surface area contributed by atoms with Crippen molar-refractivity contribution < 1.29 is 19.4 Å². The van der Waals surface area contributed by atoms with Crippen LogP contribution in [0.4, 0.5) is 0 Å². The van der Waals surface area contributed by atoms with Gasteiger partial charge in [-0.15, -0.1) is 11.8 Å². The molecule has 2 aliphatic rings. The molecule has 2 fully saturated rings. The first-order valence-corrected chi connectivity index (χ1v) is 7.87. The molecule has 2 atom stereocenters. The molecule has 0 aromatic heterocycles. The van der Waals surface area contributed by atoms with Gasteiger partial charge < -0.3 is 19.6 Å². The van der Waals surface area contributed by atoms with E-state index in [9.17, 15) is 9.59 Å². The zero-order valence-corrected chi connectivity index (χ0v) is 12.8. The maximum absolute atomic E-state index is 12.6. The number of methoxy groups -OCH3 is 1. The van der Waals surface area contributed by atoms with Crippen molar-refractivity contribution in [3.63, 3.8) is 0 Å². The first kappa shape index (κ1) is 15.6. The number of hydrogen-bond donors (Lipinski definition) is 1. The van der Waals surface area contributed by atoms with Gasteiger partial charge >= 0.3 is 0 Å². The fourth-order valence-corrected chi connectivity index (χ4v) is 4.29. The van der Waals surface area contributed by atoms with E-state index in [1.165, 1.54) is 0 Å². The highest BCUT2D eigenvalue weighted by Crippen LogP contribution is 2.47. The third-order valence-corrected chi connectivity index (χ3v) is 5.48. The van der Waals surface area contributed by atoms with E-state index >= 15 is 0 Å². The minimum atomic E-state index is -0.400. The lowest BCUT2D eigenvalue weighted by atomic mass is 10.2. The number of aliphatic hydroxyl groups excluding tert-OH is 1. The molecule has 0 aliphatic carbocycles. The highest BCUT2D eigenvalue weighted by atomic mass is 32.2. The molecular formula is C13H22N2O4S. The fourth-order valence-electron chi connectivity index (χ4n) is 2.87. The summed E-state index contributed by atoms with van der Waals surface area (Å²) in [5, 5.41) is 9.10. The van der Waals surface area contributed by atoms with Gasteiger partial charge in [-0.25, -0.2) is 0 Å². The zero-order valence-electron chi connectivity index (χ0n) is 12.0. The van der Waals surface area contributed by atoms with E-state index in [4.69, 9.17) is 9.84 Å². The highest BCUT2D eigenvalue weighted by molar-refractivity contribution is 8.01. The standard InChI is InChI=1S/C13H22N2O4S/c1-13-4-3-11(17)15(13)10(9-20-13)12(18)14(5-7-16)6-8-19-2/h10,16H,3-9H2,1-2H3. The van der Waals surface area contributed by atoms with Crippen LogP contribution >= 0.6 is 11.8 Å². The van der Waals surface area contributed by atoms with Crippen LogP contribution in [0.15, 0.2) is 0 Å². The second-order valence-electron chi connectivity index (χ2n) is 5.31. The number of fused-ring (bicyclic) bond motifs is 1. The van der Waals surface area contributed by atoms with E-state index in [1.807, 2.05) is 6.92 Å². The lowest BCUT2D eigenvalue weighted by Gasteiger charge is -2.32. The van der Waals surface area contributed by atoms with Crippen LogP contribution in [0.5, 0.6) is 0 Å². The predicted molar refractivity (Wildman–Crippen MR) is 76.3 cm³/mol. The van der Waals surface area contributed by atoms with Gasteiger partial charge in [-0.05, 0) is 13.3 Å². The molecule has 0 bridgehead atoms. The quantitative estimate of drug-likeness (QED) is 0.742. The molecule has 2 amide bonds. The second kappa shape index (κ2) is 6.32. The van der Waals surface area contributed by atoms with Crippen LogP contribution in [0.1, 0.15) is 19.8 Å². The van der Waals surface area contributed by atoms with Crippen LogP contribution in [0.3, 0.4) is 0 Å². The van der Waals surface area contributed by atoms with Gasteiger partial charge in [0.2, 0.25) is 11.8 Å². The number of aliphatic hydroxyl groups is 1. The molecule has 2 unspecified atom stereocenters. The van der Waals surface area contributed by atoms with Crippen molar-refractivity contribution in [3.05, 3.63) is 0 Å². The summed E-state index contributed by atoms with van der Waals surface area (Å²) < 4.78 is 5.00. The summed E-state index contributed by atoms with van der Waals surface area (Å²) in [5.41, 5.74) is 0. The minimum absolute atomic E-state index is 0.0616. The van der Waals surface area contributed by atoms with Crippen LogP contribution in [-0.2, 0) is 14.3 Å². The van der Waals surface area contributed by atoms with Crippen LogP contribution in [0.25, 0.3) is 0 Å². The van der Waals surface area contributed by atoms with E-state index in [-0.39, 0.29) is 29.8 Å². The average Bonchev–Trinajstić information content (AvgIpc) is 2.91. The Morgan fingerprint density at radius 3 is 3.00 bits per heavy atom. The molecule has 7 heteroatoms. The number of nitrogens with zero attached hydrogens (tertiary/aromatic N) is 2. The van der Waals surface area contributed by atoms with E-state index in [0.29, 0.717) is 25.3 Å². The molecule has 0 aromatic rings. The molecule has 0 spiro atoms. The van der Waals surface area contributed by atoms with Gasteiger partial charge in [0.1, 0.15) is 6.04 Å². The Morgan fingerprint density at radius 1 is 1.60 bits per heavy atom. The Balaban J connectivity index is 2.09. The zero-order chi connectivity index (χ0) is 14.8. The molecule has 2 heterocycles. The average molecular weight is 302 g/mol. The van der Waals surface area contributed by atoms with E-state index in [0.717, 1.165) is 6.42 Å². The fraction of sp³-hybridized carbons (Fsp3) is 0.846. The second-order valence-corrected chi connectivity index (χ2v) is 6.81. The van der Waals surface area contributed by atoms with Crippen LogP contribution in [0, 0.1) is 0 Å². The van der Waals surface area contributed by atoms with Crippen molar-refractivity contribution in [2.45, 2.75) is 30.7 Å². The Bertz CT molecular complexity index is 393. The molecule has 6 nitrogen and oxygen atoms in total. The van der Waals surface area contributed by atoms with Crippen molar-refractivity contribution in [2.24, 2.45) is 0 Å². The van der Waals surface area contributed by atoms with E-state index in [2.05, 4.69) is 0 Å². The van der Waals surface area contributed by atoms with Gasteiger partial charge in [0.05, 0.1) is 18.1 Å². The normalized spacial score (nSPS) is 28.9. The molecule has 2 rings (SSSR count). The smallest absolute Gasteiger partial charge is 0.246 e. The van der Waals surface area contributed by atoms with Crippen LogP contribution < -0.4 is 0 Å². The van der Waals surface area contributed by atoms with Crippen LogP contribution in [0.2, 0.25) is 0 Å². The van der Waals surface area contributed by atoms with E-state index in [1.54, 1.807) is 28.7 Å². The van der Waals surface area contributed by atoms with Gasteiger partial charge in [0, 0.05) is 32.4 Å². The number of rotatable bonds is 6. The summed E-state index contributed by atoms with van der Waals surface area (Å²) in [7, 11) is 1.58. The predicted octanol–water partition coefficient (Wildman–Crippen LogP) is -0.0923. The largest absolute Gasteiger partial charge is 0.395 e. The van der Waals surface area contributed by atoms with Crippen molar-refractivity contribution in [1.29, 1.82) is 0 Å². The lowest BCUT2D eigenvalue weighted by molar-refractivity contribution is -0.144. The molecule has 20 heavy (non-hydrogen) atoms. The summed E-state index contributed by atoms with van der Waals surface area (Å²) in [4.78, 5) is 27.8. The molecule has 2 aliphatic heterocycles. The SMILES string of the molecule is COCCN(CCO)C(=O)C1CSC2(C)CCC(=O)N12. The molecule has 0 aromatic carbocycles. The minimum Gasteiger partial charge on any atom is -0.395 e. The maximum Gasteiger partial charge on any atom is 0.246 e. The Kier molecular flexibility index (Phi) is 4.93. The Morgan fingerprint density at radius 2 is 2.35 bits per heavy atom. The highest BCUT2D eigenvalue weighted by Gasteiger charge is 2.53. The number of thioether (sulfide) groups is 1. The van der Waals surface area contributed by atoms with Gasteiger partial charge in [0.15, 0.2) is 0 Å². The first-order chi connectivity index (χ1) is 9.53. The topological polar surface area (TPSA) is 70.1 Å². The third kappa shape index (κ3) is 2.80. The molecule has 0 saturated carbocycles. The number of hydrogen-bond acceptors (Lipinski definition) is 5. The molecule has 0 radical (unpaired) electrons. The number of carbonyl (C=O) groups is 2. The van der Waals surface area contributed by atoms with Gasteiger partial charge in [-0.2, -0.15) is 0 Å². The first-order valence-electron chi connectivity index (χ1n) is 6.88. The number of carbonyl (C=O) groups excluding carboxylic acids is 2. The molecule has 2 saturated heterocycles. The van der Waals surface area contributed by atoms with E-state index < -0.39 is 6.04 Å². The van der Waals surface area contributed by atoms with Crippen LogP contribution in [-0.4, -0.2) is 76.8 Å². The Labute approximate surface area is 123 Å². The van der Waals surface area contributed by atoms with Crippen molar-refractivity contribution >= 4 is 23.6 Å². The van der Waals surface area contributed by atoms with Gasteiger partial charge in [-0.3, -0.25) is 9.59 Å². The van der Waals surface area contributed by atoms with Crippen molar-refractivity contribution in [1.82, 2.24) is 9.80 Å². The molecular weight excluding hydrogens is 280 g/mol. The number of amides is 2. The summed E-state index contributed by atoms with van der Waals surface area (Å²) in [5.74, 6) is 0.616. The number of ether oxygens (including phenoxy) is 1. The molecule has 114 valence electrons. The summed E-state index contributed by atoms with van der Waals surface area (Å²) in [6.45, 7) is 3.09. The summed E-state index contributed by atoms with van der Waals surface area (Å²) >= 11 is 1.68. The summed E-state index contributed by atoms with van der Waals surface area (Å²) in [6, 6.07) is -0.400. The lowest BCUT2D eigenvalue weighted by Crippen LogP contribution is -2.52. The summed E-state index contributed by atoms with van der Waals surface area (Å²) in [6.07, 6.45) is 1.32. The maximum atomic E-state index is 12.6.